The van der Waals surface area contributed by atoms with Crippen molar-refractivity contribution in [3.63, 3.8) is 0 Å². The van der Waals surface area contributed by atoms with Gasteiger partial charge in [-0.2, -0.15) is 4.31 Å². The van der Waals surface area contributed by atoms with E-state index in [4.69, 9.17) is 11.6 Å². The second-order valence-corrected chi connectivity index (χ2v) is 7.76. The minimum Gasteiger partial charge on any atom is -0.302 e. The van der Waals surface area contributed by atoms with Gasteiger partial charge in [0.2, 0.25) is 10.0 Å². The van der Waals surface area contributed by atoms with Crippen molar-refractivity contribution in [3.05, 3.63) is 68.2 Å². The average molecular weight is 366 g/mol. The summed E-state index contributed by atoms with van der Waals surface area (Å²) in [6.07, 6.45) is 3.25. The molecule has 6 nitrogen and oxygen atoms in total. The number of halogens is 1. The van der Waals surface area contributed by atoms with Crippen LogP contribution in [-0.2, 0) is 30.0 Å². The first-order chi connectivity index (χ1) is 11.4. The summed E-state index contributed by atoms with van der Waals surface area (Å²) in [5.41, 5.74) is 1.61. The zero-order valence-electron chi connectivity index (χ0n) is 13.0. The van der Waals surface area contributed by atoms with E-state index in [1.165, 1.54) is 21.3 Å². The third-order valence-electron chi connectivity index (χ3n) is 3.94. The topological polar surface area (TPSA) is 72.3 Å². The van der Waals surface area contributed by atoms with Crippen molar-refractivity contribution in [2.24, 2.45) is 7.05 Å². The SMILES string of the molecule is Cn1cnc2c(c1=O)CCN(S(=O)(=O)/C=C/c1ccccc1Cl)C2. The Kier molecular flexibility index (Phi) is 4.58. The van der Waals surface area contributed by atoms with Crippen LogP contribution < -0.4 is 5.56 Å². The lowest BCUT2D eigenvalue weighted by Gasteiger charge is -2.25. The number of hydrogen-bond acceptors (Lipinski definition) is 4. The Labute approximate surface area is 145 Å². The number of sulfonamides is 1. The molecule has 24 heavy (non-hydrogen) atoms. The first-order valence-corrected chi connectivity index (χ1v) is 9.23. The molecule has 2 heterocycles. The van der Waals surface area contributed by atoms with Crippen molar-refractivity contribution in [1.29, 1.82) is 0 Å². The zero-order valence-corrected chi connectivity index (χ0v) is 14.6. The monoisotopic (exact) mass is 365 g/mol. The molecule has 126 valence electrons. The van der Waals surface area contributed by atoms with Crippen molar-refractivity contribution < 1.29 is 8.42 Å². The Hall–Kier alpha value is -1.96. The predicted octanol–water partition coefficient (Wildman–Crippen LogP) is 1.79. The fraction of sp³-hybridized carbons (Fsp3) is 0.250. The molecule has 2 aromatic rings. The van der Waals surface area contributed by atoms with Gasteiger partial charge in [0.05, 0.1) is 18.6 Å². The molecule has 1 aromatic heterocycles. The van der Waals surface area contributed by atoms with E-state index in [0.29, 0.717) is 28.3 Å². The molecule has 0 N–H and O–H groups in total. The van der Waals surface area contributed by atoms with E-state index in [1.54, 1.807) is 31.3 Å². The van der Waals surface area contributed by atoms with Gasteiger partial charge < -0.3 is 4.57 Å². The molecule has 0 saturated carbocycles. The van der Waals surface area contributed by atoms with E-state index in [1.807, 2.05) is 0 Å². The average Bonchev–Trinajstić information content (AvgIpc) is 2.57. The molecule has 0 atom stereocenters. The fourth-order valence-corrected chi connectivity index (χ4v) is 3.90. The van der Waals surface area contributed by atoms with Gasteiger partial charge in [0.25, 0.3) is 5.56 Å². The van der Waals surface area contributed by atoms with Crippen LogP contribution >= 0.6 is 11.6 Å². The van der Waals surface area contributed by atoms with Crippen LogP contribution in [0.4, 0.5) is 0 Å². The second-order valence-electron chi connectivity index (χ2n) is 5.54. The first kappa shape index (κ1) is 16.9. The Morgan fingerprint density at radius 1 is 1.29 bits per heavy atom. The summed E-state index contributed by atoms with van der Waals surface area (Å²) < 4.78 is 27.8. The van der Waals surface area contributed by atoms with Gasteiger partial charge in [-0.25, -0.2) is 13.4 Å². The molecule has 1 aliphatic rings. The van der Waals surface area contributed by atoms with Gasteiger partial charge in [-0.05, 0) is 24.1 Å². The van der Waals surface area contributed by atoms with Gasteiger partial charge >= 0.3 is 0 Å². The Morgan fingerprint density at radius 2 is 2.04 bits per heavy atom. The van der Waals surface area contributed by atoms with Crippen molar-refractivity contribution in [3.8, 4) is 0 Å². The summed E-state index contributed by atoms with van der Waals surface area (Å²) in [7, 11) is -1.99. The lowest BCUT2D eigenvalue weighted by Crippen LogP contribution is -2.39. The third-order valence-corrected chi connectivity index (χ3v) is 5.79. The number of benzene rings is 1. The van der Waals surface area contributed by atoms with Crippen molar-refractivity contribution in [2.45, 2.75) is 13.0 Å². The Balaban J connectivity index is 1.85. The number of fused-ring (bicyclic) bond motifs is 1. The van der Waals surface area contributed by atoms with Crippen LogP contribution in [0.1, 0.15) is 16.8 Å². The van der Waals surface area contributed by atoms with Crippen LogP contribution in [0, 0.1) is 0 Å². The summed E-state index contributed by atoms with van der Waals surface area (Å²) in [6.45, 7) is 0.351. The lowest BCUT2D eigenvalue weighted by atomic mass is 10.1. The maximum Gasteiger partial charge on any atom is 0.256 e. The molecule has 0 fully saturated rings. The number of aryl methyl sites for hydroxylation is 1. The quantitative estimate of drug-likeness (QED) is 0.831. The Morgan fingerprint density at radius 3 is 2.79 bits per heavy atom. The molecule has 0 unspecified atom stereocenters. The molecule has 0 aliphatic carbocycles. The molecule has 0 bridgehead atoms. The number of nitrogens with zero attached hydrogens (tertiary/aromatic N) is 3. The molecular weight excluding hydrogens is 350 g/mol. The molecule has 1 aliphatic heterocycles. The molecule has 0 spiro atoms. The summed E-state index contributed by atoms with van der Waals surface area (Å²) in [5.74, 6) is 0. The fourth-order valence-electron chi connectivity index (χ4n) is 2.57. The van der Waals surface area contributed by atoms with Crippen LogP contribution in [-0.4, -0.2) is 28.8 Å². The highest BCUT2D eigenvalue weighted by Crippen LogP contribution is 2.20. The molecule has 3 rings (SSSR count). The molecular formula is C16H16ClN3O3S. The van der Waals surface area contributed by atoms with Crippen LogP contribution in [0.3, 0.4) is 0 Å². The standard InChI is InChI=1S/C16H16ClN3O3S/c1-19-11-18-15-10-20(8-6-13(15)16(19)21)24(22,23)9-7-12-4-2-3-5-14(12)17/h2-5,7,9,11H,6,8,10H2,1H3/b9-7+. The molecule has 0 amide bonds. The van der Waals surface area contributed by atoms with Crippen molar-refractivity contribution in [2.75, 3.05) is 6.54 Å². The van der Waals surface area contributed by atoms with Crippen LogP contribution in [0.5, 0.6) is 0 Å². The highest BCUT2D eigenvalue weighted by molar-refractivity contribution is 7.92. The molecule has 1 aromatic carbocycles. The van der Waals surface area contributed by atoms with Gasteiger partial charge in [-0.1, -0.05) is 29.8 Å². The zero-order chi connectivity index (χ0) is 17.3. The first-order valence-electron chi connectivity index (χ1n) is 7.34. The maximum absolute atomic E-state index is 12.5. The minimum absolute atomic E-state index is 0.0978. The smallest absolute Gasteiger partial charge is 0.256 e. The highest BCUT2D eigenvalue weighted by atomic mass is 35.5. The Bertz CT molecular complexity index is 967. The van der Waals surface area contributed by atoms with Crippen molar-refractivity contribution >= 4 is 27.7 Å². The third kappa shape index (κ3) is 3.28. The number of rotatable bonds is 3. The van der Waals surface area contributed by atoms with Gasteiger partial charge in [0, 0.05) is 29.6 Å². The number of aromatic nitrogens is 2. The lowest BCUT2D eigenvalue weighted by molar-refractivity contribution is 0.387. The van der Waals surface area contributed by atoms with E-state index in [9.17, 15) is 13.2 Å². The molecule has 0 saturated heterocycles. The normalized spacial score (nSPS) is 15.6. The van der Waals surface area contributed by atoms with Crippen LogP contribution in [0.25, 0.3) is 6.08 Å². The molecule has 0 radical (unpaired) electrons. The van der Waals surface area contributed by atoms with E-state index < -0.39 is 10.0 Å². The summed E-state index contributed by atoms with van der Waals surface area (Å²) in [6, 6.07) is 7.01. The number of hydrogen-bond donors (Lipinski definition) is 0. The summed E-state index contributed by atoms with van der Waals surface area (Å²) in [4.78, 5) is 16.2. The summed E-state index contributed by atoms with van der Waals surface area (Å²) in [5, 5.41) is 1.62. The largest absolute Gasteiger partial charge is 0.302 e. The predicted molar refractivity (Wildman–Crippen MR) is 93.0 cm³/mol. The van der Waals surface area contributed by atoms with E-state index in [2.05, 4.69) is 4.98 Å². The summed E-state index contributed by atoms with van der Waals surface area (Å²) >= 11 is 6.03. The second kappa shape index (κ2) is 6.51. The van der Waals surface area contributed by atoms with Crippen LogP contribution in [0.2, 0.25) is 5.02 Å². The maximum atomic E-state index is 12.5. The van der Waals surface area contributed by atoms with E-state index in [-0.39, 0.29) is 18.6 Å². The van der Waals surface area contributed by atoms with Crippen molar-refractivity contribution in [1.82, 2.24) is 13.9 Å². The van der Waals surface area contributed by atoms with Gasteiger partial charge in [0.15, 0.2) is 0 Å². The highest BCUT2D eigenvalue weighted by Gasteiger charge is 2.27. The van der Waals surface area contributed by atoms with E-state index in [0.717, 1.165) is 5.41 Å². The van der Waals surface area contributed by atoms with Crippen LogP contribution in [0.15, 0.2) is 40.8 Å². The molecule has 8 heteroatoms. The minimum atomic E-state index is -3.62. The van der Waals surface area contributed by atoms with Gasteiger partial charge in [-0.15, -0.1) is 0 Å². The van der Waals surface area contributed by atoms with Gasteiger partial charge in [-0.3, -0.25) is 4.79 Å². The van der Waals surface area contributed by atoms with E-state index >= 15 is 0 Å². The van der Waals surface area contributed by atoms with Gasteiger partial charge in [0.1, 0.15) is 0 Å².